The fourth-order valence-electron chi connectivity index (χ4n) is 3.67. The Morgan fingerprint density at radius 2 is 2.19 bits per heavy atom. The number of hydrogen-bond donors (Lipinski definition) is 2. The fraction of sp³-hybridized carbons (Fsp3) is 0.421. The Labute approximate surface area is 162 Å². The Morgan fingerprint density at radius 3 is 3.00 bits per heavy atom. The summed E-state index contributed by atoms with van der Waals surface area (Å²) in [5, 5.41) is 11.1. The molecule has 0 spiro atoms. The number of imidazole rings is 2. The second-order valence-electron chi connectivity index (χ2n) is 6.95. The SMILES string of the molecule is O=C(CCc1nc2ccc(Cl)cc2[nH]1)N1CC[C@H](O)[C@@H](n2ccnc2)CC1. The molecule has 1 saturated heterocycles. The number of amides is 1. The average Bonchev–Trinajstić information content (AvgIpc) is 3.27. The highest BCUT2D eigenvalue weighted by molar-refractivity contribution is 6.31. The van der Waals surface area contributed by atoms with Crippen LogP contribution in [-0.2, 0) is 11.2 Å². The summed E-state index contributed by atoms with van der Waals surface area (Å²) in [5.41, 5.74) is 1.73. The van der Waals surface area contributed by atoms with Gasteiger partial charge < -0.3 is 19.6 Å². The first-order valence-electron chi connectivity index (χ1n) is 9.17. The molecule has 0 aliphatic carbocycles. The maximum Gasteiger partial charge on any atom is 0.223 e. The van der Waals surface area contributed by atoms with Crippen LogP contribution in [-0.4, -0.2) is 54.6 Å². The van der Waals surface area contributed by atoms with Gasteiger partial charge in [0.2, 0.25) is 5.91 Å². The van der Waals surface area contributed by atoms with Crippen molar-refractivity contribution < 1.29 is 9.90 Å². The van der Waals surface area contributed by atoms with E-state index in [4.69, 9.17) is 11.6 Å². The third-order valence-corrected chi connectivity index (χ3v) is 5.40. The second kappa shape index (κ2) is 7.70. The molecule has 1 aromatic carbocycles. The van der Waals surface area contributed by atoms with E-state index in [0.717, 1.165) is 16.9 Å². The van der Waals surface area contributed by atoms with Crippen LogP contribution in [0, 0.1) is 0 Å². The summed E-state index contributed by atoms with van der Waals surface area (Å²) in [5.74, 6) is 0.874. The summed E-state index contributed by atoms with van der Waals surface area (Å²) in [7, 11) is 0. The largest absolute Gasteiger partial charge is 0.391 e. The third kappa shape index (κ3) is 3.99. The van der Waals surface area contributed by atoms with E-state index in [1.807, 2.05) is 27.8 Å². The van der Waals surface area contributed by atoms with Crippen LogP contribution >= 0.6 is 11.6 Å². The van der Waals surface area contributed by atoms with Crippen LogP contribution in [0.2, 0.25) is 5.02 Å². The molecule has 3 heterocycles. The molecule has 0 bridgehead atoms. The molecule has 2 aromatic heterocycles. The highest BCUT2D eigenvalue weighted by Gasteiger charge is 2.27. The van der Waals surface area contributed by atoms with Crippen LogP contribution < -0.4 is 0 Å². The summed E-state index contributed by atoms with van der Waals surface area (Å²) in [6.45, 7) is 1.20. The summed E-state index contributed by atoms with van der Waals surface area (Å²) in [4.78, 5) is 26.3. The van der Waals surface area contributed by atoms with Crippen LogP contribution in [0.4, 0.5) is 0 Å². The Bertz CT molecular complexity index is 923. The number of rotatable bonds is 4. The van der Waals surface area contributed by atoms with Crippen molar-refractivity contribution in [2.75, 3.05) is 13.1 Å². The number of halogens is 1. The van der Waals surface area contributed by atoms with Gasteiger partial charge in [-0.15, -0.1) is 0 Å². The average molecular weight is 388 g/mol. The Hall–Kier alpha value is -2.38. The zero-order valence-electron chi connectivity index (χ0n) is 14.9. The van der Waals surface area contributed by atoms with Crippen molar-refractivity contribution in [2.45, 2.75) is 37.8 Å². The minimum absolute atomic E-state index is 0.0366. The van der Waals surface area contributed by atoms with Crippen LogP contribution in [0.25, 0.3) is 11.0 Å². The van der Waals surface area contributed by atoms with E-state index in [-0.39, 0.29) is 11.9 Å². The number of benzene rings is 1. The number of aliphatic hydroxyl groups excluding tert-OH is 1. The molecule has 0 saturated carbocycles. The Kier molecular flexibility index (Phi) is 5.13. The first-order valence-corrected chi connectivity index (χ1v) is 9.55. The number of aryl methyl sites for hydroxylation is 1. The van der Waals surface area contributed by atoms with Gasteiger partial charge in [0.25, 0.3) is 0 Å². The predicted molar refractivity (Wildman–Crippen MR) is 103 cm³/mol. The van der Waals surface area contributed by atoms with E-state index in [1.165, 1.54) is 0 Å². The van der Waals surface area contributed by atoms with Crippen molar-refractivity contribution in [2.24, 2.45) is 0 Å². The highest BCUT2D eigenvalue weighted by Crippen LogP contribution is 2.24. The van der Waals surface area contributed by atoms with Crippen LogP contribution in [0.5, 0.6) is 0 Å². The lowest BCUT2D eigenvalue weighted by atomic mass is 10.1. The maximum atomic E-state index is 12.7. The number of fused-ring (bicyclic) bond motifs is 1. The topological polar surface area (TPSA) is 87.0 Å². The normalized spacial score (nSPS) is 20.7. The minimum atomic E-state index is -0.475. The smallest absolute Gasteiger partial charge is 0.223 e. The lowest BCUT2D eigenvalue weighted by molar-refractivity contribution is -0.131. The van der Waals surface area contributed by atoms with Gasteiger partial charge in [0.1, 0.15) is 5.82 Å². The van der Waals surface area contributed by atoms with Crippen molar-refractivity contribution in [3.8, 4) is 0 Å². The molecule has 8 heteroatoms. The molecule has 142 valence electrons. The molecule has 4 rings (SSSR count). The van der Waals surface area contributed by atoms with E-state index >= 15 is 0 Å². The van der Waals surface area contributed by atoms with Crippen LogP contribution in [0.15, 0.2) is 36.9 Å². The van der Waals surface area contributed by atoms with Crippen molar-refractivity contribution >= 4 is 28.5 Å². The van der Waals surface area contributed by atoms with Crippen molar-refractivity contribution in [1.82, 2.24) is 24.4 Å². The predicted octanol–water partition coefficient (Wildman–Crippen LogP) is 2.57. The molecule has 1 aliphatic heterocycles. The van der Waals surface area contributed by atoms with Gasteiger partial charge in [-0.3, -0.25) is 4.79 Å². The first kappa shape index (κ1) is 18.0. The second-order valence-corrected chi connectivity index (χ2v) is 7.38. The minimum Gasteiger partial charge on any atom is -0.391 e. The fourth-order valence-corrected chi connectivity index (χ4v) is 3.84. The van der Waals surface area contributed by atoms with E-state index < -0.39 is 6.10 Å². The summed E-state index contributed by atoms with van der Waals surface area (Å²) in [6.07, 6.45) is 7.04. The van der Waals surface area contributed by atoms with Gasteiger partial charge in [-0.2, -0.15) is 0 Å². The van der Waals surface area contributed by atoms with Gasteiger partial charge in [0.15, 0.2) is 0 Å². The van der Waals surface area contributed by atoms with Gasteiger partial charge in [-0.25, -0.2) is 9.97 Å². The van der Waals surface area contributed by atoms with Crippen molar-refractivity contribution in [3.63, 3.8) is 0 Å². The zero-order valence-corrected chi connectivity index (χ0v) is 15.6. The summed E-state index contributed by atoms with van der Waals surface area (Å²) in [6, 6.07) is 5.47. The molecule has 1 fully saturated rings. The van der Waals surface area contributed by atoms with Crippen molar-refractivity contribution in [1.29, 1.82) is 0 Å². The molecule has 27 heavy (non-hydrogen) atoms. The number of carbonyl (C=O) groups is 1. The standard InChI is InChI=1S/C19H22ClN5O2/c20-13-1-2-14-15(11-13)23-18(22-14)3-4-19(27)24-8-5-16(17(26)6-9-24)25-10-7-21-12-25/h1-2,7,10-12,16-17,26H,3-6,8-9H2,(H,22,23)/t16-,17-/m0/s1. The van der Waals surface area contributed by atoms with Gasteiger partial charge in [0.05, 0.1) is 29.5 Å². The number of H-pyrrole nitrogens is 1. The lowest BCUT2D eigenvalue weighted by Crippen LogP contribution is -2.32. The van der Waals surface area contributed by atoms with Gasteiger partial charge in [0, 0.05) is 43.3 Å². The lowest BCUT2D eigenvalue weighted by Gasteiger charge is -2.21. The summed E-state index contributed by atoms with van der Waals surface area (Å²) < 4.78 is 1.93. The highest BCUT2D eigenvalue weighted by atomic mass is 35.5. The summed E-state index contributed by atoms with van der Waals surface area (Å²) >= 11 is 6.00. The van der Waals surface area contributed by atoms with Crippen molar-refractivity contribution in [3.05, 3.63) is 47.8 Å². The molecule has 1 amide bonds. The number of likely N-dealkylation sites (tertiary alicyclic amines) is 1. The molecule has 3 aromatic rings. The molecular formula is C19H22ClN5O2. The number of aliphatic hydroxyl groups is 1. The van der Waals surface area contributed by atoms with E-state index in [0.29, 0.717) is 43.8 Å². The molecule has 7 nitrogen and oxygen atoms in total. The quantitative estimate of drug-likeness (QED) is 0.720. The molecule has 0 unspecified atom stereocenters. The molecule has 2 N–H and O–H groups in total. The van der Waals surface area contributed by atoms with Gasteiger partial charge in [-0.1, -0.05) is 11.6 Å². The van der Waals surface area contributed by atoms with E-state index in [1.54, 1.807) is 18.6 Å². The number of hydrogen-bond acceptors (Lipinski definition) is 4. The molecule has 0 radical (unpaired) electrons. The van der Waals surface area contributed by atoms with E-state index in [2.05, 4.69) is 15.0 Å². The van der Waals surface area contributed by atoms with Crippen LogP contribution in [0.3, 0.4) is 0 Å². The number of aromatic amines is 1. The molecule has 1 aliphatic rings. The molecular weight excluding hydrogens is 366 g/mol. The Morgan fingerprint density at radius 1 is 1.33 bits per heavy atom. The van der Waals surface area contributed by atoms with Gasteiger partial charge >= 0.3 is 0 Å². The first-order chi connectivity index (χ1) is 13.1. The number of aromatic nitrogens is 4. The molecule has 2 atom stereocenters. The van der Waals surface area contributed by atoms with Crippen LogP contribution in [0.1, 0.15) is 31.1 Å². The third-order valence-electron chi connectivity index (χ3n) is 5.16. The number of nitrogens with one attached hydrogen (secondary N) is 1. The van der Waals surface area contributed by atoms with E-state index in [9.17, 15) is 9.90 Å². The number of carbonyl (C=O) groups excluding carboxylic acids is 1. The maximum absolute atomic E-state index is 12.7. The monoisotopic (exact) mass is 387 g/mol. The number of nitrogens with zero attached hydrogens (tertiary/aromatic N) is 4. The zero-order chi connectivity index (χ0) is 18.8. The van der Waals surface area contributed by atoms with Gasteiger partial charge in [-0.05, 0) is 31.0 Å². The Balaban J connectivity index is 1.36.